The Morgan fingerprint density at radius 1 is 1.42 bits per heavy atom. The monoisotopic (exact) mass is 346 g/mol. The van der Waals surface area contributed by atoms with Crippen LogP contribution in [0.25, 0.3) is 0 Å². The number of hydrogen-bond acceptors (Lipinski definition) is 4. The zero-order valence-electron chi connectivity index (χ0n) is 13.6. The molecule has 2 heterocycles. The van der Waals surface area contributed by atoms with Crippen molar-refractivity contribution < 1.29 is 4.79 Å². The maximum absolute atomic E-state index is 12.6. The summed E-state index contributed by atoms with van der Waals surface area (Å²) in [6.45, 7) is 3.91. The first-order valence-corrected chi connectivity index (χ1v) is 8.39. The van der Waals surface area contributed by atoms with Gasteiger partial charge >= 0.3 is 0 Å². The Kier molecular flexibility index (Phi) is 4.66. The fourth-order valence-corrected chi connectivity index (χ4v) is 3.07. The number of carbonyl (C=O) groups excluding carboxylic acids is 1. The van der Waals surface area contributed by atoms with Gasteiger partial charge in [0.1, 0.15) is 11.5 Å². The smallest absolute Gasteiger partial charge is 0.272 e. The number of nitrogens with one attached hydrogen (secondary N) is 2. The van der Waals surface area contributed by atoms with Crippen LogP contribution in [0.1, 0.15) is 66.2 Å². The van der Waals surface area contributed by atoms with Gasteiger partial charge in [-0.2, -0.15) is 0 Å². The summed E-state index contributed by atoms with van der Waals surface area (Å²) in [6.07, 6.45) is 3.98. The Labute approximate surface area is 144 Å². The number of hydrogen-bond donors (Lipinski definition) is 2. The van der Waals surface area contributed by atoms with Crippen molar-refractivity contribution in [1.82, 2.24) is 20.3 Å². The molecular weight excluding hydrogens is 328 g/mol. The van der Waals surface area contributed by atoms with Gasteiger partial charge in [0.15, 0.2) is 0 Å². The van der Waals surface area contributed by atoms with Gasteiger partial charge in [0, 0.05) is 17.7 Å². The summed E-state index contributed by atoms with van der Waals surface area (Å²) in [4.78, 5) is 35.4. The molecule has 0 saturated carbocycles. The predicted molar refractivity (Wildman–Crippen MR) is 91.3 cm³/mol. The van der Waals surface area contributed by atoms with E-state index in [0.717, 1.165) is 30.5 Å². The SMILES string of the molecule is CC(C)c1ncc(Cl)c(C(=O)N[C@@H]2CCCc3[nH]c(=O)ccc32)n1. The fraction of sp³-hybridized carbons (Fsp3) is 0.412. The first kappa shape index (κ1) is 16.6. The Bertz CT molecular complexity index is 832. The maximum atomic E-state index is 12.6. The number of aryl methyl sites for hydroxylation is 1. The number of aromatic amines is 1. The average molecular weight is 347 g/mol. The van der Waals surface area contributed by atoms with Gasteiger partial charge in [-0.3, -0.25) is 9.59 Å². The molecule has 3 rings (SSSR count). The highest BCUT2D eigenvalue weighted by atomic mass is 35.5. The van der Waals surface area contributed by atoms with E-state index in [1.807, 2.05) is 13.8 Å². The molecule has 126 valence electrons. The first-order chi connectivity index (χ1) is 11.5. The van der Waals surface area contributed by atoms with Crippen LogP contribution < -0.4 is 10.9 Å². The number of pyridine rings is 1. The largest absolute Gasteiger partial charge is 0.344 e. The van der Waals surface area contributed by atoms with Gasteiger partial charge in [-0.05, 0) is 30.9 Å². The molecule has 1 aliphatic carbocycles. The molecule has 0 fully saturated rings. The second-order valence-electron chi connectivity index (χ2n) is 6.25. The number of carbonyl (C=O) groups is 1. The van der Waals surface area contributed by atoms with Crippen molar-refractivity contribution in [3.63, 3.8) is 0 Å². The molecule has 24 heavy (non-hydrogen) atoms. The molecule has 0 radical (unpaired) electrons. The highest BCUT2D eigenvalue weighted by Crippen LogP contribution is 2.28. The van der Waals surface area contributed by atoms with Gasteiger partial charge in [-0.15, -0.1) is 0 Å². The third-order valence-corrected chi connectivity index (χ3v) is 4.41. The third kappa shape index (κ3) is 3.33. The zero-order valence-corrected chi connectivity index (χ0v) is 14.4. The summed E-state index contributed by atoms with van der Waals surface area (Å²) in [5.74, 6) is 0.362. The van der Waals surface area contributed by atoms with Crippen LogP contribution in [0.3, 0.4) is 0 Å². The third-order valence-electron chi connectivity index (χ3n) is 4.13. The van der Waals surface area contributed by atoms with E-state index in [2.05, 4.69) is 20.3 Å². The van der Waals surface area contributed by atoms with Crippen LogP contribution in [0.4, 0.5) is 0 Å². The Hall–Kier alpha value is -2.21. The molecule has 0 spiro atoms. The van der Waals surface area contributed by atoms with Crippen molar-refractivity contribution in [3.05, 3.63) is 56.5 Å². The topological polar surface area (TPSA) is 87.7 Å². The van der Waals surface area contributed by atoms with Crippen LogP contribution in [0.15, 0.2) is 23.1 Å². The molecule has 0 aromatic carbocycles. The first-order valence-electron chi connectivity index (χ1n) is 8.01. The Balaban J connectivity index is 1.86. The van der Waals surface area contributed by atoms with Crippen LogP contribution >= 0.6 is 11.6 Å². The van der Waals surface area contributed by atoms with Crippen molar-refractivity contribution in [2.24, 2.45) is 0 Å². The standard InChI is InChI=1S/C17H19ClN4O2/c1-9(2)16-19-8-11(18)15(22-16)17(24)21-13-5-3-4-12-10(13)6-7-14(23)20-12/h6-9,13H,3-5H2,1-2H3,(H,20,23)(H,21,24)/t13-/m1/s1. The predicted octanol–water partition coefficient (Wildman–Crippen LogP) is 2.75. The quantitative estimate of drug-likeness (QED) is 0.894. The summed E-state index contributed by atoms with van der Waals surface area (Å²) < 4.78 is 0. The van der Waals surface area contributed by atoms with Crippen molar-refractivity contribution in [3.8, 4) is 0 Å². The van der Waals surface area contributed by atoms with Gasteiger partial charge in [0.25, 0.3) is 5.91 Å². The van der Waals surface area contributed by atoms with Gasteiger partial charge in [0.2, 0.25) is 5.56 Å². The fourth-order valence-electron chi connectivity index (χ4n) is 2.90. The normalized spacial score (nSPS) is 16.8. The number of aromatic nitrogens is 3. The van der Waals surface area contributed by atoms with Gasteiger partial charge in [-0.25, -0.2) is 9.97 Å². The minimum atomic E-state index is -0.326. The lowest BCUT2D eigenvalue weighted by Crippen LogP contribution is -2.33. The molecule has 0 bridgehead atoms. The number of fused-ring (bicyclic) bond motifs is 1. The van der Waals surface area contributed by atoms with Crippen molar-refractivity contribution in [2.75, 3.05) is 0 Å². The highest BCUT2D eigenvalue weighted by Gasteiger charge is 2.24. The molecule has 6 nitrogen and oxygen atoms in total. The van der Waals surface area contributed by atoms with Crippen molar-refractivity contribution in [1.29, 1.82) is 0 Å². The molecule has 7 heteroatoms. The lowest BCUT2D eigenvalue weighted by atomic mass is 9.91. The van der Waals surface area contributed by atoms with Crippen molar-refractivity contribution >= 4 is 17.5 Å². The molecule has 2 aromatic rings. The Morgan fingerprint density at radius 2 is 2.21 bits per heavy atom. The van der Waals surface area contributed by atoms with E-state index in [9.17, 15) is 9.59 Å². The van der Waals surface area contributed by atoms with Crippen LogP contribution in [0, 0.1) is 0 Å². The zero-order chi connectivity index (χ0) is 17.3. The Morgan fingerprint density at radius 3 is 2.96 bits per heavy atom. The van der Waals surface area contributed by atoms with Crippen LogP contribution in [0.5, 0.6) is 0 Å². The van der Waals surface area contributed by atoms with Crippen LogP contribution in [0.2, 0.25) is 5.02 Å². The number of H-pyrrole nitrogens is 1. The summed E-state index contributed by atoms with van der Waals surface area (Å²) in [7, 11) is 0. The lowest BCUT2D eigenvalue weighted by molar-refractivity contribution is 0.0927. The molecule has 2 N–H and O–H groups in total. The van der Waals surface area contributed by atoms with E-state index >= 15 is 0 Å². The van der Waals surface area contributed by atoms with E-state index in [4.69, 9.17) is 11.6 Å². The van der Waals surface area contributed by atoms with Crippen LogP contribution in [-0.4, -0.2) is 20.9 Å². The molecule has 0 aliphatic heterocycles. The van der Waals surface area contributed by atoms with Gasteiger partial charge in [0.05, 0.1) is 17.3 Å². The van der Waals surface area contributed by atoms with E-state index in [1.165, 1.54) is 12.3 Å². The van der Waals surface area contributed by atoms with E-state index < -0.39 is 0 Å². The van der Waals surface area contributed by atoms with E-state index in [0.29, 0.717) is 5.82 Å². The van der Waals surface area contributed by atoms with Crippen molar-refractivity contribution in [2.45, 2.75) is 45.1 Å². The second-order valence-corrected chi connectivity index (χ2v) is 6.66. The molecule has 1 aliphatic rings. The summed E-state index contributed by atoms with van der Waals surface area (Å²) >= 11 is 6.10. The summed E-state index contributed by atoms with van der Waals surface area (Å²) in [5.41, 5.74) is 1.90. The molecule has 1 atom stereocenters. The van der Waals surface area contributed by atoms with E-state index in [-0.39, 0.29) is 34.1 Å². The van der Waals surface area contributed by atoms with Crippen LogP contribution in [-0.2, 0) is 6.42 Å². The maximum Gasteiger partial charge on any atom is 0.272 e. The molecule has 0 saturated heterocycles. The average Bonchev–Trinajstić information content (AvgIpc) is 2.54. The number of nitrogens with zero attached hydrogens (tertiary/aromatic N) is 2. The minimum absolute atomic E-state index is 0.106. The molecule has 2 aromatic heterocycles. The van der Waals surface area contributed by atoms with Gasteiger partial charge in [-0.1, -0.05) is 25.4 Å². The molecular formula is C17H19ClN4O2. The lowest BCUT2D eigenvalue weighted by Gasteiger charge is -2.25. The number of rotatable bonds is 3. The summed E-state index contributed by atoms with van der Waals surface area (Å²) in [6, 6.07) is 3.10. The summed E-state index contributed by atoms with van der Waals surface area (Å²) in [5, 5.41) is 3.21. The molecule has 1 amide bonds. The second kappa shape index (κ2) is 6.73. The number of halogens is 1. The molecule has 0 unspecified atom stereocenters. The number of amides is 1. The highest BCUT2D eigenvalue weighted by molar-refractivity contribution is 6.33. The van der Waals surface area contributed by atoms with Gasteiger partial charge < -0.3 is 10.3 Å². The minimum Gasteiger partial charge on any atom is -0.344 e. The van der Waals surface area contributed by atoms with E-state index in [1.54, 1.807) is 6.07 Å².